The van der Waals surface area contributed by atoms with E-state index in [0.29, 0.717) is 11.1 Å². The molecule has 49 heavy (non-hydrogen) atoms. The minimum atomic E-state index is -4.86. The second kappa shape index (κ2) is 15.4. The molecule has 0 saturated heterocycles. The van der Waals surface area contributed by atoms with Gasteiger partial charge in [-0.2, -0.15) is 32.5 Å². The standard InChI is InChI=1S/C37H32F6N4O2/c1-23(2)33(35(48)47(30-6-4-3-5-7-30)31(22-45)19-29-13-10-25(21-44)18-32(29)38)46-34(37(41,42)43)28-16-14-27(15-17-28)26-11-8-24(9-12-26)20-36(39,40)49/h3-18,23,31,33-34,46,49H,19-20H2,1-2H3/t31?,33-,34-/m0/s1. The van der Waals surface area contributed by atoms with Crippen molar-refractivity contribution >= 4 is 11.6 Å². The van der Waals surface area contributed by atoms with Crippen molar-refractivity contribution in [2.75, 3.05) is 4.90 Å². The Morgan fingerprint density at radius 1 is 0.878 bits per heavy atom. The van der Waals surface area contributed by atoms with Crippen LogP contribution in [-0.4, -0.2) is 35.4 Å². The van der Waals surface area contributed by atoms with Crippen molar-refractivity contribution in [3.8, 4) is 23.3 Å². The molecule has 0 fully saturated rings. The van der Waals surface area contributed by atoms with E-state index < -0.39 is 54.5 Å². The van der Waals surface area contributed by atoms with Gasteiger partial charge >= 0.3 is 12.3 Å². The lowest BCUT2D eigenvalue weighted by molar-refractivity contribution is -0.196. The van der Waals surface area contributed by atoms with E-state index in [9.17, 15) is 36.4 Å². The SMILES string of the molecule is CC(C)[C@H](N[C@@H](c1ccc(-c2ccc(CC(O)(F)F)cc2)cc1)C(F)(F)F)C(=O)N(c1ccccc1)C(C#N)Cc1ccc(C#N)cc1F. The van der Waals surface area contributed by atoms with Crippen LogP contribution in [0.25, 0.3) is 11.1 Å². The molecule has 0 radical (unpaired) electrons. The quantitative estimate of drug-likeness (QED) is 0.149. The summed E-state index contributed by atoms with van der Waals surface area (Å²) in [6.45, 7) is 3.13. The summed E-state index contributed by atoms with van der Waals surface area (Å²) in [5.41, 5.74) is 1.35. The predicted octanol–water partition coefficient (Wildman–Crippen LogP) is 7.88. The molecule has 3 atom stereocenters. The van der Waals surface area contributed by atoms with E-state index in [1.165, 1.54) is 72.8 Å². The van der Waals surface area contributed by atoms with Crippen molar-refractivity contribution in [1.82, 2.24) is 5.32 Å². The third-order valence-electron chi connectivity index (χ3n) is 7.88. The Morgan fingerprint density at radius 3 is 1.96 bits per heavy atom. The molecule has 4 aromatic carbocycles. The molecule has 0 spiro atoms. The molecule has 4 aromatic rings. The van der Waals surface area contributed by atoms with Gasteiger partial charge in [-0.3, -0.25) is 15.0 Å². The lowest BCUT2D eigenvalue weighted by atomic mass is 9.95. The normalized spacial score (nSPS) is 13.6. The zero-order valence-electron chi connectivity index (χ0n) is 26.4. The van der Waals surface area contributed by atoms with E-state index in [2.05, 4.69) is 5.32 Å². The van der Waals surface area contributed by atoms with Gasteiger partial charge in [-0.05, 0) is 58.0 Å². The largest absolute Gasteiger partial charge is 0.407 e. The molecule has 2 N–H and O–H groups in total. The Balaban J connectivity index is 1.65. The van der Waals surface area contributed by atoms with Gasteiger partial charge in [-0.1, -0.05) is 86.6 Å². The summed E-state index contributed by atoms with van der Waals surface area (Å²) in [7, 11) is 0. The lowest BCUT2D eigenvalue weighted by Gasteiger charge is -2.35. The van der Waals surface area contributed by atoms with Crippen molar-refractivity contribution in [2.45, 2.75) is 57.1 Å². The van der Waals surface area contributed by atoms with Crippen LogP contribution in [0.3, 0.4) is 0 Å². The third-order valence-corrected chi connectivity index (χ3v) is 7.88. The number of aliphatic hydroxyl groups is 1. The number of amides is 1. The van der Waals surface area contributed by atoms with Crippen LogP contribution >= 0.6 is 0 Å². The summed E-state index contributed by atoms with van der Waals surface area (Å²) < 4.78 is 84.7. The third kappa shape index (κ3) is 9.47. The monoisotopic (exact) mass is 678 g/mol. The summed E-state index contributed by atoms with van der Waals surface area (Å²) in [6.07, 6.45) is -9.92. The van der Waals surface area contributed by atoms with Gasteiger partial charge in [-0.15, -0.1) is 0 Å². The van der Waals surface area contributed by atoms with Gasteiger partial charge in [-0.25, -0.2) is 4.39 Å². The van der Waals surface area contributed by atoms with Crippen molar-refractivity contribution in [3.63, 3.8) is 0 Å². The second-order valence-electron chi connectivity index (χ2n) is 11.8. The fraction of sp³-hybridized carbons (Fsp3) is 0.270. The minimum absolute atomic E-state index is 0.0440. The van der Waals surface area contributed by atoms with Gasteiger partial charge in [0, 0.05) is 12.1 Å². The molecule has 12 heteroatoms. The van der Waals surface area contributed by atoms with E-state index in [0.717, 1.165) is 11.0 Å². The number of hydrogen-bond acceptors (Lipinski definition) is 5. The highest BCUT2D eigenvalue weighted by atomic mass is 19.4. The van der Waals surface area contributed by atoms with Gasteiger partial charge < -0.3 is 5.11 Å². The number of benzene rings is 4. The van der Waals surface area contributed by atoms with Crippen LogP contribution in [0.15, 0.2) is 97.1 Å². The van der Waals surface area contributed by atoms with Gasteiger partial charge in [0.15, 0.2) is 0 Å². The lowest BCUT2D eigenvalue weighted by Crippen LogP contribution is -2.55. The number of nitriles is 2. The maximum absolute atomic E-state index is 14.9. The molecular formula is C37H32F6N4O2. The van der Waals surface area contributed by atoms with E-state index in [4.69, 9.17) is 10.4 Å². The van der Waals surface area contributed by atoms with Gasteiger partial charge in [0.1, 0.15) is 17.9 Å². The summed E-state index contributed by atoms with van der Waals surface area (Å²) in [5, 5.41) is 30.5. The molecule has 1 amide bonds. The fourth-order valence-corrected chi connectivity index (χ4v) is 5.42. The minimum Gasteiger partial charge on any atom is -0.336 e. The predicted molar refractivity (Wildman–Crippen MR) is 171 cm³/mol. The van der Waals surface area contributed by atoms with Gasteiger partial charge in [0.25, 0.3) is 0 Å². The number of halogens is 6. The van der Waals surface area contributed by atoms with Crippen LogP contribution < -0.4 is 10.2 Å². The van der Waals surface area contributed by atoms with E-state index in [-0.39, 0.29) is 34.4 Å². The molecule has 1 unspecified atom stereocenters. The number of nitrogens with zero attached hydrogens (tertiary/aromatic N) is 3. The number of carbonyl (C=O) groups excluding carboxylic acids is 1. The number of alkyl halides is 5. The van der Waals surface area contributed by atoms with E-state index in [1.54, 1.807) is 32.0 Å². The highest BCUT2D eigenvalue weighted by Crippen LogP contribution is 2.35. The molecule has 0 bridgehead atoms. The molecule has 0 aliphatic rings. The van der Waals surface area contributed by atoms with Gasteiger partial charge in [0.05, 0.1) is 30.2 Å². The van der Waals surface area contributed by atoms with Crippen LogP contribution in [0.5, 0.6) is 0 Å². The zero-order chi connectivity index (χ0) is 35.9. The highest BCUT2D eigenvalue weighted by Gasteiger charge is 2.44. The first-order chi connectivity index (χ1) is 23.1. The number of carbonyl (C=O) groups is 1. The summed E-state index contributed by atoms with van der Waals surface area (Å²) in [6, 6.07) is 21.5. The van der Waals surface area contributed by atoms with Crippen LogP contribution in [-0.2, 0) is 17.6 Å². The molecule has 4 rings (SSSR count). The Morgan fingerprint density at radius 2 is 1.47 bits per heavy atom. The van der Waals surface area contributed by atoms with Crippen molar-refractivity contribution in [2.24, 2.45) is 5.92 Å². The molecule has 0 saturated carbocycles. The van der Waals surface area contributed by atoms with E-state index >= 15 is 0 Å². The molecule has 0 aliphatic carbocycles. The molecule has 0 aliphatic heterocycles. The number of nitrogens with one attached hydrogen (secondary N) is 1. The van der Waals surface area contributed by atoms with Crippen LogP contribution in [0.4, 0.5) is 32.0 Å². The molecule has 0 heterocycles. The first-order valence-corrected chi connectivity index (χ1v) is 15.2. The summed E-state index contributed by atoms with van der Waals surface area (Å²) in [4.78, 5) is 15.3. The van der Waals surface area contributed by atoms with Crippen molar-refractivity contribution in [3.05, 3.63) is 125 Å². The van der Waals surface area contributed by atoms with Crippen LogP contribution in [0.2, 0.25) is 0 Å². The molecule has 0 aromatic heterocycles. The summed E-state index contributed by atoms with van der Waals surface area (Å²) >= 11 is 0. The van der Waals surface area contributed by atoms with Crippen molar-refractivity contribution < 1.29 is 36.2 Å². The van der Waals surface area contributed by atoms with Gasteiger partial charge in [0.2, 0.25) is 5.91 Å². The fourth-order valence-electron chi connectivity index (χ4n) is 5.42. The Labute approximate surface area is 279 Å². The maximum Gasteiger partial charge on any atom is 0.407 e. The van der Waals surface area contributed by atoms with Crippen LogP contribution in [0, 0.1) is 34.4 Å². The number of rotatable bonds is 12. The average molecular weight is 679 g/mol. The average Bonchev–Trinajstić information content (AvgIpc) is 3.05. The second-order valence-corrected chi connectivity index (χ2v) is 11.8. The Bertz CT molecular complexity index is 1810. The summed E-state index contributed by atoms with van der Waals surface area (Å²) in [5.74, 6) is -2.29. The van der Waals surface area contributed by atoms with Crippen LogP contribution in [0.1, 0.15) is 42.1 Å². The smallest absolute Gasteiger partial charge is 0.336 e. The maximum atomic E-state index is 14.9. The van der Waals surface area contributed by atoms with E-state index in [1.807, 2.05) is 12.1 Å². The first-order valence-electron chi connectivity index (χ1n) is 15.2. The number of hydrogen-bond donors (Lipinski definition) is 2. The Kier molecular flexibility index (Phi) is 11.5. The highest BCUT2D eigenvalue weighted by molar-refractivity contribution is 5.98. The molecule has 254 valence electrons. The topological polar surface area (TPSA) is 100 Å². The molecular weight excluding hydrogens is 646 g/mol. The number of para-hydroxylation sites is 1. The number of anilines is 1. The molecule has 6 nitrogen and oxygen atoms in total. The zero-order valence-corrected chi connectivity index (χ0v) is 26.4. The van der Waals surface area contributed by atoms with Crippen molar-refractivity contribution in [1.29, 1.82) is 10.5 Å². The Hall–Kier alpha value is -5.17. The first kappa shape index (κ1) is 36.7.